The second kappa shape index (κ2) is 7.99. The monoisotopic (exact) mass is 388 g/mol. The number of nitrogens with two attached hydrogens (primary N) is 1. The molecule has 0 amide bonds. The van der Waals surface area contributed by atoms with Crippen LogP contribution in [0.3, 0.4) is 0 Å². The number of aryl methyl sites for hydroxylation is 1. The van der Waals surface area contributed by atoms with Crippen LogP contribution in [-0.2, 0) is 16.4 Å². The van der Waals surface area contributed by atoms with E-state index in [-0.39, 0.29) is 10.9 Å². The van der Waals surface area contributed by atoms with Gasteiger partial charge < -0.3 is 0 Å². The fraction of sp³-hybridized carbons (Fsp3) is 0.211. The molecule has 1 atom stereocenters. The number of anilines is 1. The van der Waals surface area contributed by atoms with Crippen LogP contribution in [0.15, 0.2) is 65.0 Å². The van der Waals surface area contributed by atoms with Crippen LogP contribution in [0.1, 0.15) is 35.4 Å². The number of pyridine rings is 1. The van der Waals surface area contributed by atoms with Crippen LogP contribution in [0, 0.1) is 0 Å². The van der Waals surface area contributed by atoms with Crippen LogP contribution < -0.4 is 15.4 Å². The Kier molecular flexibility index (Phi) is 5.70. The molecule has 0 aliphatic heterocycles. The van der Waals surface area contributed by atoms with Gasteiger partial charge in [-0.3, -0.25) is 5.32 Å². The van der Waals surface area contributed by atoms with Crippen LogP contribution in [0.2, 0.25) is 0 Å². The highest BCUT2D eigenvalue weighted by atomic mass is 32.2. The first kappa shape index (κ1) is 18.6. The van der Waals surface area contributed by atoms with Crippen molar-refractivity contribution in [3.63, 3.8) is 0 Å². The number of aromatic amines is 1. The maximum atomic E-state index is 11.4. The zero-order chi connectivity index (χ0) is 18.6. The van der Waals surface area contributed by atoms with Crippen molar-refractivity contribution in [3.8, 4) is 0 Å². The van der Waals surface area contributed by atoms with E-state index in [4.69, 9.17) is 5.14 Å². The van der Waals surface area contributed by atoms with Gasteiger partial charge in [-0.1, -0.05) is 43.7 Å². The Labute approximate surface area is 158 Å². The van der Waals surface area contributed by atoms with Gasteiger partial charge in [0.2, 0.25) is 10.0 Å². The standard InChI is InChI=1S/C19H21N3O2S2/c1-2-4-14-6-8-15(9-7-14)19(17-5-3-12-25-17)22-18-11-10-16(13-21-18)26(20,23)24/h3,5-13,19H,2,4H2,1H3,(H,21,22)(H2,20,23,24)/p+1/t19-/m0/s1. The summed E-state index contributed by atoms with van der Waals surface area (Å²) in [7, 11) is -3.71. The third kappa shape index (κ3) is 4.49. The Bertz CT molecular complexity index is 935. The summed E-state index contributed by atoms with van der Waals surface area (Å²) in [5, 5.41) is 10.6. The van der Waals surface area contributed by atoms with Gasteiger partial charge in [0.25, 0.3) is 5.82 Å². The number of nitrogens with one attached hydrogen (secondary N) is 2. The van der Waals surface area contributed by atoms with Crippen molar-refractivity contribution in [1.29, 1.82) is 0 Å². The minimum atomic E-state index is -3.71. The van der Waals surface area contributed by atoms with E-state index in [1.54, 1.807) is 17.4 Å². The van der Waals surface area contributed by atoms with Gasteiger partial charge in [0, 0.05) is 11.6 Å². The maximum Gasteiger partial charge on any atom is 0.273 e. The first-order valence-electron chi connectivity index (χ1n) is 8.40. The predicted octanol–water partition coefficient (Wildman–Crippen LogP) is 3.36. The summed E-state index contributed by atoms with van der Waals surface area (Å²) in [5.41, 5.74) is 2.47. The number of hydrogen-bond donors (Lipinski definition) is 2. The molecule has 0 aliphatic rings. The van der Waals surface area contributed by atoms with Crippen molar-refractivity contribution < 1.29 is 13.4 Å². The Morgan fingerprint density at radius 1 is 1.15 bits per heavy atom. The average Bonchev–Trinajstić information content (AvgIpc) is 3.15. The largest absolute Gasteiger partial charge is 0.273 e. The molecule has 1 aromatic carbocycles. The molecule has 0 bridgehead atoms. The van der Waals surface area contributed by atoms with Crippen LogP contribution >= 0.6 is 11.3 Å². The second-order valence-corrected chi connectivity index (χ2v) is 8.61. The lowest BCUT2D eigenvalue weighted by Crippen LogP contribution is -2.21. The Hall–Kier alpha value is -2.22. The number of H-pyrrole nitrogens is 1. The molecule has 3 rings (SSSR count). The smallest absolute Gasteiger partial charge is 0.262 e. The van der Waals surface area contributed by atoms with Gasteiger partial charge in [0.15, 0.2) is 6.04 Å². The number of sulfonamides is 1. The molecule has 0 saturated carbocycles. The van der Waals surface area contributed by atoms with Crippen LogP contribution in [-0.4, -0.2) is 8.42 Å². The molecule has 3 aromatic rings. The fourth-order valence-electron chi connectivity index (χ4n) is 2.77. The molecular formula is C19H22N3O2S2+. The van der Waals surface area contributed by atoms with E-state index in [1.165, 1.54) is 22.7 Å². The zero-order valence-electron chi connectivity index (χ0n) is 14.5. The van der Waals surface area contributed by atoms with E-state index in [2.05, 4.69) is 47.6 Å². The summed E-state index contributed by atoms with van der Waals surface area (Å²) in [6.07, 6.45) is 3.59. The molecule has 0 spiro atoms. The average molecular weight is 389 g/mol. The number of benzene rings is 1. The van der Waals surface area contributed by atoms with E-state index in [9.17, 15) is 8.42 Å². The fourth-order valence-corrected chi connectivity index (χ4v) is 4.06. The minimum Gasteiger partial charge on any atom is -0.262 e. The van der Waals surface area contributed by atoms with Gasteiger partial charge in [0.05, 0.1) is 4.88 Å². The number of aromatic nitrogens is 1. The molecule has 2 heterocycles. The number of rotatable bonds is 7. The van der Waals surface area contributed by atoms with Gasteiger partial charge in [0.1, 0.15) is 11.1 Å². The quantitative estimate of drug-likeness (QED) is 0.651. The second-order valence-electron chi connectivity index (χ2n) is 6.07. The summed E-state index contributed by atoms with van der Waals surface area (Å²) in [5.74, 6) is 0.716. The van der Waals surface area contributed by atoms with E-state index in [0.29, 0.717) is 5.82 Å². The molecule has 4 N–H and O–H groups in total. The van der Waals surface area contributed by atoms with Crippen LogP contribution in [0.5, 0.6) is 0 Å². The molecule has 0 unspecified atom stereocenters. The first-order valence-corrected chi connectivity index (χ1v) is 10.8. The summed E-state index contributed by atoms with van der Waals surface area (Å²) in [6, 6.07) is 15.9. The highest BCUT2D eigenvalue weighted by molar-refractivity contribution is 7.89. The molecule has 5 nitrogen and oxygen atoms in total. The highest BCUT2D eigenvalue weighted by Crippen LogP contribution is 2.29. The molecule has 2 aromatic heterocycles. The minimum absolute atomic E-state index is 0.0257. The predicted molar refractivity (Wildman–Crippen MR) is 105 cm³/mol. The lowest BCUT2D eigenvalue weighted by Gasteiger charge is -2.14. The topological polar surface area (TPSA) is 86.3 Å². The molecule has 0 aliphatic carbocycles. The lowest BCUT2D eigenvalue weighted by atomic mass is 10.0. The number of thiophene rings is 1. The molecule has 0 radical (unpaired) electrons. The lowest BCUT2D eigenvalue weighted by molar-refractivity contribution is -0.364. The summed E-state index contributed by atoms with van der Waals surface area (Å²) in [4.78, 5) is 4.20. The molecule has 136 valence electrons. The van der Waals surface area contributed by atoms with Crippen molar-refractivity contribution in [2.45, 2.75) is 30.7 Å². The zero-order valence-corrected chi connectivity index (χ0v) is 16.1. The molecule has 0 fully saturated rings. The first-order chi connectivity index (χ1) is 12.5. The summed E-state index contributed by atoms with van der Waals surface area (Å²) in [6.45, 7) is 2.17. The van der Waals surface area contributed by atoms with Crippen LogP contribution in [0.25, 0.3) is 0 Å². The Balaban J connectivity index is 1.88. The van der Waals surface area contributed by atoms with Crippen molar-refractivity contribution in [1.82, 2.24) is 0 Å². The van der Waals surface area contributed by atoms with Crippen molar-refractivity contribution >= 4 is 27.2 Å². The number of primary sulfonamides is 1. The van der Waals surface area contributed by atoms with Crippen molar-refractivity contribution in [2.24, 2.45) is 5.14 Å². The van der Waals surface area contributed by atoms with Crippen molar-refractivity contribution in [3.05, 3.63) is 76.1 Å². The Morgan fingerprint density at radius 2 is 1.92 bits per heavy atom. The SMILES string of the molecule is CCCc1ccc([C@H](Nc2ccc(S(N)(=O)=O)c[nH+]2)c2cccs2)cc1. The van der Waals surface area contributed by atoms with E-state index >= 15 is 0 Å². The molecule has 26 heavy (non-hydrogen) atoms. The third-order valence-corrected chi connectivity index (χ3v) is 5.94. The van der Waals surface area contributed by atoms with Gasteiger partial charge in [-0.05, 0) is 29.5 Å². The normalized spacial score (nSPS) is 12.7. The van der Waals surface area contributed by atoms with E-state index in [1.807, 2.05) is 11.4 Å². The molecular weight excluding hydrogens is 366 g/mol. The van der Waals surface area contributed by atoms with Gasteiger partial charge in [-0.15, -0.1) is 11.3 Å². The highest BCUT2D eigenvalue weighted by Gasteiger charge is 2.21. The number of hydrogen-bond acceptors (Lipinski definition) is 4. The van der Waals surface area contributed by atoms with Crippen LogP contribution in [0.4, 0.5) is 5.82 Å². The van der Waals surface area contributed by atoms with Gasteiger partial charge in [-0.2, -0.15) is 0 Å². The van der Waals surface area contributed by atoms with Gasteiger partial charge in [-0.25, -0.2) is 18.5 Å². The van der Waals surface area contributed by atoms with E-state index in [0.717, 1.165) is 18.4 Å². The summed E-state index contributed by atoms with van der Waals surface area (Å²) < 4.78 is 22.8. The molecule has 7 heteroatoms. The summed E-state index contributed by atoms with van der Waals surface area (Å²) >= 11 is 1.67. The van der Waals surface area contributed by atoms with E-state index < -0.39 is 10.0 Å². The van der Waals surface area contributed by atoms with Gasteiger partial charge >= 0.3 is 0 Å². The third-order valence-electron chi connectivity index (χ3n) is 4.09. The van der Waals surface area contributed by atoms with Crippen molar-refractivity contribution in [2.75, 3.05) is 5.32 Å². The Morgan fingerprint density at radius 3 is 2.46 bits per heavy atom. The maximum absolute atomic E-state index is 11.4. The molecule has 0 saturated heterocycles.